The van der Waals surface area contributed by atoms with Crippen molar-refractivity contribution in [2.45, 2.75) is 110 Å². The molecule has 1 heterocycles. The molecule has 0 spiro atoms. The van der Waals surface area contributed by atoms with E-state index >= 15 is 4.39 Å². The van der Waals surface area contributed by atoms with E-state index < -0.39 is 64.4 Å². The Kier molecular flexibility index (Phi) is 6.05. The van der Waals surface area contributed by atoms with Crippen LogP contribution in [-0.2, 0) is 28.6 Å². The number of ether oxygens (including phenoxy) is 3. The summed E-state index contributed by atoms with van der Waals surface area (Å²) >= 11 is 0. The number of Topliss-reactive ketones (excluding diaryl/α,β-unsaturated/α-hetero) is 1. The molecule has 5 aliphatic rings. The van der Waals surface area contributed by atoms with Crippen molar-refractivity contribution < 1.29 is 38.1 Å². The maximum absolute atomic E-state index is 17.4. The third-order valence-corrected chi connectivity index (χ3v) is 10.1. The van der Waals surface area contributed by atoms with Crippen LogP contribution in [0.5, 0.6) is 0 Å². The van der Waals surface area contributed by atoms with Crippen LogP contribution in [-0.4, -0.2) is 58.5 Å². The van der Waals surface area contributed by atoms with Crippen molar-refractivity contribution in [2.75, 3.05) is 6.61 Å². The molecule has 8 heteroatoms. The number of aliphatic hydroxyl groups excluding tert-OH is 1. The Morgan fingerprint density at radius 3 is 2.53 bits per heavy atom. The summed E-state index contributed by atoms with van der Waals surface area (Å²) in [6.07, 6.45) is 3.96. The summed E-state index contributed by atoms with van der Waals surface area (Å²) in [4.78, 5) is 38.6. The van der Waals surface area contributed by atoms with Crippen molar-refractivity contribution in [3.8, 4) is 0 Å². The Balaban J connectivity index is 1.51. The highest BCUT2D eigenvalue weighted by atomic mass is 19.1. The highest BCUT2D eigenvalue weighted by molar-refractivity contribution is 6.01. The molecule has 1 saturated heterocycles. The van der Waals surface area contributed by atoms with Crippen LogP contribution in [0.3, 0.4) is 0 Å². The number of allylic oxidation sites excluding steroid dienone is 4. The molecular weight excluding hydrogens is 491 g/mol. The van der Waals surface area contributed by atoms with Gasteiger partial charge in [0.2, 0.25) is 5.78 Å². The zero-order chi connectivity index (χ0) is 28.1. The highest BCUT2D eigenvalue weighted by Gasteiger charge is 2.80. The molecule has 0 radical (unpaired) electrons. The fraction of sp³-hybridized carbons (Fsp3) is 0.767. The summed E-state index contributed by atoms with van der Waals surface area (Å²) in [5.74, 6) is -3.02. The Morgan fingerprint density at radius 2 is 1.87 bits per heavy atom. The van der Waals surface area contributed by atoms with Gasteiger partial charge in [-0.3, -0.25) is 14.4 Å². The van der Waals surface area contributed by atoms with Crippen LogP contribution in [0.2, 0.25) is 0 Å². The molecule has 0 aromatic rings. The molecule has 1 aliphatic heterocycles. The van der Waals surface area contributed by atoms with E-state index in [0.29, 0.717) is 24.8 Å². The first-order chi connectivity index (χ1) is 17.4. The highest BCUT2D eigenvalue weighted by Crippen LogP contribution is 2.72. The largest absolute Gasteiger partial charge is 0.458 e. The molecule has 38 heavy (non-hydrogen) atoms. The van der Waals surface area contributed by atoms with Gasteiger partial charge in [0.05, 0.1) is 18.6 Å². The minimum atomic E-state index is -2.02. The molecule has 0 bridgehead atoms. The van der Waals surface area contributed by atoms with Crippen molar-refractivity contribution in [1.29, 1.82) is 0 Å². The van der Waals surface area contributed by atoms with Gasteiger partial charge < -0.3 is 19.3 Å². The Bertz CT molecular complexity index is 1130. The molecule has 7 nitrogen and oxygen atoms in total. The van der Waals surface area contributed by atoms with Gasteiger partial charge in [0.15, 0.2) is 29.4 Å². The molecule has 0 aromatic carbocycles. The molecule has 210 valence electrons. The number of fused-ring (bicyclic) bond motifs is 7. The van der Waals surface area contributed by atoms with E-state index in [1.807, 2.05) is 27.7 Å². The van der Waals surface area contributed by atoms with Crippen LogP contribution in [0.4, 0.5) is 4.39 Å². The fourth-order valence-electron chi connectivity index (χ4n) is 8.55. The average Bonchev–Trinajstić information content (AvgIpc) is 3.18. The van der Waals surface area contributed by atoms with Crippen molar-refractivity contribution >= 4 is 17.5 Å². The number of rotatable bonds is 4. The van der Waals surface area contributed by atoms with Crippen molar-refractivity contribution in [1.82, 2.24) is 0 Å². The molecule has 0 unspecified atom stereocenters. The third-order valence-electron chi connectivity index (χ3n) is 10.1. The molecule has 0 aromatic heterocycles. The van der Waals surface area contributed by atoms with Gasteiger partial charge in [-0.25, -0.2) is 4.39 Å². The first kappa shape index (κ1) is 27.7. The van der Waals surface area contributed by atoms with Crippen molar-refractivity contribution in [2.24, 2.45) is 28.1 Å². The normalized spacial score (nSPS) is 45.0. The second kappa shape index (κ2) is 8.31. The summed E-state index contributed by atoms with van der Waals surface area (Å²) in [5, 5.41) is 11.6. The van der Waals surface area contributed by atoms with Crippen LogP contribution >= 0.6 is 0 Å². The second-order valence-electron chi connectivity index (χ2n) is 14.2. The number of hydrogen-bond acceptors (Lipinski definition) is 7. The summed E-state index contributed by atoms with van der Waals surface area (Å²) in [5.41, 5.74) is -5.17. The number of halogens is 1. The van der Waals surface area contributed by atoms with Gasteiger partial charge >= 0.3 is 5.97 Å². The lowest BCUT2D eigenvalue weighted by Gasteiger charge is -2.62. The molecule has 0 amide bonds. The zero-order valence-electron chi connectivity index (χ0n) is 23.6. The van der Waals surface area contributed by atoms with Crippen LogP contribution in [0.15, 0.2) is 23.8 Å². The van der Waals surface area contributed by atoms with E-state index in [1.165, 1.54) is 12.2 Å². The number of carbonyl (C=O) groups is 3. The van der Waals surface area contributed by atoms with E-state index in [4.69, 9.17) is 14.2 Å². The molecule has 5 rings (SSSR count). The summed E-state index contributed by atoms with van der Waals surface area (Å²) in [6.45, 7) is 12.4. The van der Waals surface area contributed by atoms with E-state index in [1.54, 1.807) is 26.8 Å². The Morgan fingerprint density at radius 1 is 1.18 bits per heavy atom. The lowest BCUT2D eigenvalue weighted by Crippen LogP contribution is -2.70. The van der Waals surface area contributed by atoms with Gasteiger partial charge in [-0.1, -0.05) is 39.3 Å². The van der Waals surface area contributed by atoms with Gasteiger partial charge in [0.1, 0.15) is 0 Å². The number of alkyl halides is 1. The minimum absolute atomic E-state index is 0.0209. The number of hydrogen-bond donors (Lipinski definition) is 1. The summed E-state index contributed by atoms with van der Waals surface area (Å²) < 4.78 is 35.6. The molecule has 4 fully saturated rings. The predicted molar refractivity (Wildman–Crippen MR) is 137 cm³/mol. The molecule has 4 aliphatic carbocycles. The van der Waals surface area contributed by atoms with Gasteiger partial charge in [-0.05, 0) is 69.9 Å². The Labute approximate surface area is 224 Å². The average molecular weight is 533 g/mol. The quantitative estimate of drug-likeness (QED) is 0.536. The maximum atomic E-state index is 17.4. The smallest absolute Gasteiger partial charge is 0.306 e. The molecule has 1 N–H and O–H groups in total. The number of carbonyl (C=O) groups excluding carboxylic acids is 3. The van der Waals surface area contributed by atoms with Gasteiger partial charge in [-0.15, -0.1) is 0 Å². The van der Waals surface area contributed by atoms with Gasteiger partial charge in [-0.2, -0.15) is 0 Å². The van der Waals surface area contributed by atoms with Gasteiger partial charge in [0.25, 0.3) is 0 Å². The lowest BCUT2D eigenvalue weighted by molar-refractivity contribution is -0.246. The predicted octanol–water partition coefficient (Wildman–Crippen LogP) is 4.41. The number of esters is 1. The monoisotopic (exact) mass is 532 g/mol. The molecule has 8 atom stereocenters. The van der Waals surface area contributed by atoms with E-state index in [2.05, 4.69) is 0 Å². The standard InChI is InChI=1S/C30H41FO7/c1-25(2,3)15-24(35)36-16-22(34)30-23(37-26(4,5)38-30)13-20-19-9-8-17-12-18(32)10-11-27(17,6)29(19,31)21(33)14-28(20,30)7/h10-12,19-21,23,33H,8-9,13-16H2,1-7H3/t19-,20-,21-,23+,27-,28+,29-,30+/m0/s1. The Hall–Kier alpha value is -1.90. The van der Waals surface area contributed by atoms with E-state index in [0.717, 1.165) is 0 Å². The van der Waals surface area contributed by atoms with Crippen molar-refractivity contribution in [3.05, 3.63) is 23.8 Å². The lowest BCUT2D eigenvalue weighted by atomic mass is 9.44. The van der Waals surface area contributed by atoms with Crippen LogP contribution in [0.1, 0.15) is 80.6 Å². The van der Waals surface area contributed by atoms with Crippen LogP contribution in [0.25, 0.3) is 0 Å². The first-order valence-corrected chi connectivity index (χ1v) is 13.8. The summed E-state index contributed by atoms with van der Waals surface area (Å²) in [6, 6.07) is 0. The molecule has 3 saturated carbocycles. The number of aliphatic hydroxyl groups is 1. The van der Waals surface area contributed by atoms with Gasteiger partial charge in [0, 0.05) is 16.7 Å². The molecular formula is C30H41FO7. The first-order valence-electron chi connectivity index (χ1n) is 13.8. The topological polar surface area (TPSA) is 99.1 Å². The van der Waals surface area contributed by atoms with Crippen LogP contribution < -0.4 is 0 Å². The SMILES string of the molecule is CC(C)(C)CC(=O)OCC(=O)[C@@]12OC(C)(C)O[C@@H]1C[C@H]1[C@@H]3CCC4=CC(=O)C=C[C@]4(C)[C@@]3(F)[C@@H](O)C[C@]12C. The minimum Gasteiger partial charge on any atom is -0.458 e. The summed E-state index contributed by atoms with van der Waals surface area (Å²) in [7, 11) is 0. The van der Waals surface area contributed by atoms with E-state index in [-0.39, 0.29) is 30.0 Å². The third kappa shape index (κ3) is 3.66. The maximum Gasteiger partial charge on any atom is 0.306 e. The van der Waals surface area contributed by atoms with Crippen molar-refractivity contribution in [3.63, 3.8) is 0 Å². The van der Waals surface area contributed by atoms with E-state index in [9.17, 15) is 19.5 Å². The second-order valence-corrected chi connectivity index (χ2v) is 14.2. The number of ketones is 2. The fourth-order valence-corrected chi connectivity index (χ4v) is 8.55. The van der Waals surface area contributed by atoms with Crippen LogP contribution in [0, 0.1) is 28.1 Å². The zero-order valence-corrected chi connectivity index (χ0v) is 23.6.